The molecule has 0 radical (unpaired) electrons. The molecule has 0 spiro atoms. The average Bonchev–Trinajstić information content (AvgIpc) is 3.19. The van der Waals surface area contributed by atoms with E-state index in [9.17, 15) is 4.79 Å². The Morgan fingerprint density at radius 3 is 2.77 bits per heavy atom. The molecule has 118 valence electrons. The molecular weight excluding hydrogens is 288 g/mol. The Bertz CT molecular complexity index is 659. The molecule has 3 rings (SSSR count). The van der Waals surface area contributed by atoms with Crippen LogP contribution in [0.1, 0.15) is 39.9 Å². The van der Waals surface area contributed by atoms with Crippen molar-refractivity contribution in [2.75, 3.05) is 13.1 Å². The maximum atomic E-state index is 12.2. The monoisotopic (exact) mass is 306 g/mol. The van der Waals surface area contributed by atoms with Crippen LogP contribution >= 0.6 is 0 Å². The Balaban J connectivity index is 1.55. The van der Waals surface area contributed by atoms with Gasteiger partial charge in [-0.25, -0.2) is 0 Å². The van der Waals surface area contributed by atoms with Crippen LogP contribution in [0.5, 0.6) is 0 Å². The minimum atomic E-state index is -0.246. The van der Waals surface area contributed by atoms with Crippen LogP contribution in [0.3, 0.4) is 0 Å². The molecule has 1 atom stereocenters. The summed E-state index contributed by atoms with van der Waals surface area (Å²) in [4.78, 5) is 17.8. The fourth-order valence-electron chi connectivity index (χ4n) is 2.48. The van der Waals surface area contributed by atoms with Gasteiger partial charge in [0, 0.05) is 18.7 Å². The van der Waals surface area contributed by atoms with Gasteiger partial charge >= 0.3 is 11.8 Å². The van der Waals surface area contributed by atoms with E-state index >= 15 is 0 Å². The lowest BCUT2D eigenvalue weighted by molar-refractivity contribution is 0.0419. The van der Waals surface area contributed by atoms with Crippen molar-refractivity contribution in [1.82, 2.24) is 20.2 Å². The maximum absolute atomic E-state index is 12.2. The van der Waals surface area contributed by atoms with Gasteiger partial charge in [0.25, 0.3) is 0 Å². The van der Waals surface area contributed by atoms with Crippen LogP contribution in [0.2, 0.25) is 0 Å². The molecule has 3 heterocycles. The van der Waals surface area contributed by atoms with Gasteiger partial charge in [-0.2, -0.15) is 4.98 Å². The highest BCUT2D eigenvalue weighted by atomic mass is 16.5. The quantitative estimate of drug-likeness (QED) is 0.842. The normalized spacial score (nSPS) is 18.1. The standard InChI is InChI=1S/C14H18N4O4/c1-8-12(9(2)21-16-8)7-20-11-4-5-18(6-11)14(19)13-15-10(3)17-22-13/h11H,4-7H2,1-3H3. The SMILES string of the molecule is Cc1noc(C(=O)N2CCC(OCc3c(C)noc3C)C2)n1. The predicted octanol–water partition coefficient (Wildman–Crippen LogP) is 1.41. The number of hydrogen-bond acceptors (Lipinski definition) is 7. The van der Waals surface area contributed by atoms with E-state index in [0.717, 1.165) is 23.4 Å². The Morgan fingerprint density at radius 2 is 2.14 bits per heavy atom. The summed E-state index contributed by atoms with van der Waals surface area (Å²) in [5.74, 6) is 1.01. The predicted molar refractivity (Wildman–Crippen MR) is 74.1 cm³/mol. The third kappa shape index (κ3) is 2.87. The first-order chi connectivity index (χ1) is 10.5. The van der Waals surface area contributed by atoms with Gasteiger partial charge in [0.2, 0.25) is 0 Å². The first kappa shape index (κ1) is 14.7. The smallest absolute Gasteiger partial charge is 0.316 e. The summed E-state index contributed by atoms with van der Waals surface area (Å²) in [7, 11) is 0. The van der Waals surface area contributed by atoms with Gasteiger partial charge in [0.15, 0.2) is 5.82 Å². The van der Waals surface area contributed by atoms with Crippen molar-refractivity contribution in [1.29, 1.82) is 0 Å². The Morgan fingerprint density at radius 1 is 1.32 bits per heavy atom. The highest BCUT2D eigenvalue weighted by Gasteiger charge is 2.30. The molecule has 1 amide bonds. The number of rotatable bonds is 4. The van der Waals surface area contributed by atoms with Crippen LogP contribution in [0.4, 0.5) is 0 Å². The van der Waals surface area contributed by atoms with Crippen LogP contribution in [-0.2, 0) is 11.3 Å². The molecule has 0 aromatic carbocycles. The Kier molecular flexibility index (Phi) is 3.93. The highest BCUT2D eigenvalue weighted by Crippen LogP contribution is 2.19. The van der Waals surface area contributed by atoms with Gasteiger partial charge < -0.3 is 18.7 Å². The van der Waals surface area contributed by atoms with Gasteiger partial charge in [0.1, 0.15) is 5.76 Å². The summed E-state index contributed by atoms with van der Waals surface area (Å²) in [5.41, 5.74) is 1.81. The summed E-state index contributed by atoms with van der Waals surface area (Å²) in [6.45, 7) is 7.00. The number of nitrogens with zero attached hydrogens (tertiary/aromatic N) is 4. The second-order valence-corrected chi connectivity index (χ2v) is 5.42. The molecule has 22 heavy (non-hydrogen) atoms. The van der Waals surface area contributed by atoms with E-state index in [4.69, 9.17) is 13.8 Å². The lowest BCUT2D eigenvalue weighted by Gasteiger charge is -2.14. The third-order valence-electron chi connectivity index (χ3n) is 3.79. The van der Waals surface area contributed by atoms with Crippen molar-refractivity contribution >= 4 is 5.91 Å². The van der Waals surface area contributed by atoms with E-state index < -0.39 is 0 Å². The van der Waals surface area contributed by atoms with Crippen molar-refractivity contribution in [3.63, 3.8) is 0 Å². The van der Waals surface area contributed by atoms with Crippen LogP contribution < -0.4 is 0 Å². The first-order valence-electron chi connectivity index (χ1n) is 7.17. The van der Waals surface area contributed by atoms with E-state index in [2.05, 4.69) is 15.3 Å². The number of ether oxygens (including phenoxy) is 1. The molecule has 1 aliphatic heterocycles. The average molecular weight is 306 g/mol. The lowest BCUT2D eigenvalue weighted by atomic mass is 10.2. The van der Waals surface area contributed by atoms with E-state index in [1.807, 2.05) is 13.8 Å². The van der Waals surface area contributed by atoms with Gasteiger partial charge in [-0.3, -0.25) is 4.79 Å². The van der Waals surface area contributed by atoms with E-state index in [1.54, 1.807) is 11.8 Å². The zero-order chi connectivity index (χ0) is 15.7. The summed E-state index contributed by atoms with van der Waals surface area (Å²) in [6, 6.07) is 0. The van der Waals surface area contributed by atoms with Crippen molar-refractivity contribution in [2.45, 2.75) is 39.9 Å². The molecule has 1 aliphatic rings. The zero-order valence-electron chi connectivity index (χ0n) is 12.8. The number of carbonyl (C=O) groups excluding carboxylic acids is 1. The molecule has 1 fully saturated rings. The van der Waals surface area contributed by atoms with Gasteiger partial charge in [-0.1, -0.05) is 10.3 Å². The molecule has 0 aliphatic carbocycles. The summed E-state index contributed by atoms with van der Waals surface area (Å²) < 4.78 is 15.9. The molecule has 8 nitrogen and oxygen atoms in total. The van der Waals surface area contributed by atoms with Crippen molar-refractivity contribution in [2.24, 2.45) is 0 Å². The Labute approximate surface area is 127 Å². The topological polar surface area (TPSA) is 94.5 Å². The van der Waals surface area contributed by atoms with E-state index in [0.29, 0.717) is 25.5 Å². The number of likely N-dealkylation sites (tertiary alicyclic amines) is 1. The second kappa shape index (κ2) is 5.88. The molecular formula is C14H18N4O4. The number of carbonyl (C=O) groups is 1. The fourth-order valence-corrected chi connectivity index (χ4v) is 2.48. The fraction of sp³-hybridized carbons (Fsp3) is 0.571. The largest absolute Gasteiger partial charge is 0.371 e. The molecule has 0 saturated carbocycles. The minimum absolute atomic E-state index is 0.0123. The van der Waals surface area contributed by atoms with Gasteiger partial charge in [0.05, 0.1) is 18.4 Å². The zero-order valence-corrected chi connectivity index (χ0v) is 12.8. The lowest BCUT2D eigenvalue weighted by Crippen LogP contribution is -2.30. The van der Waals surface area contributed by atoms with Crippen LogP contribution in [0.25, 0.3) is 0 Å². The molecule has 0 N–H and O–H groups in total. The number of amides is 1. The van der Waals surface area contributed by atoms with Gasteiger partial charge in [-0.05, 0) is 27.2 Å². The van der Waals surface area contributed by atoms with E-state index in [1.165, 1.54) is 0 Å². The molecule has 2 aromatic heterocycles. The van der Waals surface area contributed by atoms with Crippen LogP contribution in [0, 0.1) is 20.8 Å². The van der Waals surface area contributed by atoms with Crippen molar-refractivity contribution in [3.05, 3.63) is 28.7 Å². The number of aromatic nitrogens is 3. The number of hydrogen-bond donors (Lipinski definition) is 0. The first-order valence-corrected chi connectivity index (χ1v) is 7.17. The maximum Gasteiger partial charge on any atom is 0.316 e. The molecule has 1 saturated heterocycles. The van der Waals surface area contributed by atoms with Crippen LogP contribution in [0.15, 0.2) is 9.05 Å². The van der Waals surface area contributed by atoms with Crippen LogP contribution in [-0.4, -0.2) is 45.3 Å². The van der Waals surface area contributed by atoms with Crippen molar-refractivity contribution in [3.8, 4) is 0 Å². The van der Waals surface area contributed by atoms with Gasteiger partial charge in [-0.15, -0.1) is 0 Å². The van der Waals surface area contributed by atoms with E-state index in [-0.39, 0.29) is 17.9 Å². The Hall–Kier alpha value is -2.22. The summed E-state index contributed by atoms with van der Waals surface area (Å²) in [6.07, 6.45) is 0.768. The summed E-state index contributed by atoms with van der Waals surface area (Å²) in [5, 5.41) is 7.53. The third-order valence-corrected chi connectivity index (χ3v) is 3.79. The molecule has 8 heteroatoms. The second-order valence-electron chi connectivity index (χ2n) is 5.42. The molecule has 1 unspecified atom stereocenters. The summed E-state index contributed by atoms with van der Waals surface area (Å²) >= 11 is 0. The van der Waals surface area contributed by atoms with Crippen molar-refractivity contribution < 1.29 is 18.6 Å². The number of aryl methyl sites for hydroxylation is 3. The molecule has 2 aromatic rings. The minimum Gasteiger partial charge on any atom is -0.371 e. The molecule has 0 bridgehead atoms. The highest BCUT2D eigenvalue weighted by molar-refractivity contribution is 5.89.